The largest absolute Gasteiger partial charge is 0.388 e. The minimum atomic E-state index is -0.426. The molecule has 2 rings (SSSR count). The summed E-state index contributed by atoms with van der Waals surface area (Å²) in [7, 11) is 0. The van der Waals surface area contributed by atoms with Crippen molar-refractivity contribution in [1.82, 2.24) is 5.32 Å². The number of nitrogens with one attached hydrogen (secondary N) is 1. The highest BCUT2D eigenvalue weighted by molar-refractivity contribution is 7.99. The lowest BCUT2D eigenvalue weighted by Crippen LogP contribution is -2.48. The Hall–Kier alpha value is 0.620. The standard InChI is InChI=1S/C12H23NOS2/c1-15-11-5-3-2-4-10(11)13-8-12(14)6-7-16-9-12/h10-11,13-14H,2-9H2,1H3. The Bertz CT molecular complexity index is 219. The molecule has 3 unspecified atom stereocenters. The smallest absolute Gasteiger partial charge is 0.0869 e. The molecule has 1 heterocycles. The third kappa shape index (κ3) is 3.31. The zero-order chi connectivity index (χ0) is 11.4. The Labute approximate surface area is 107 Å². The number of rotatable bonds is 4. The van der Waals surface area contributed by atoms with Gasteiger partial charge in [0.1, 0.15) is 0 Å². The molecule has 2 fully saturated rings. The molecular weight excluding hydrogens is 238 g/mol. The number of hydrogen-bond acceptors (Lipinski definition) is 4. The van der Waals surface area contributed by atoms with Gasteiger partial charge in [-0.1, -0.05) is 12.8 Å². The highest BCUT2D eigenvalue weighted by atomic mass is 32.2. The highest BCUT2D eigenvalue weighted by Gasteiger charge is 2.33. The quantitative estimate of drug-likeness (QED) is 0.812. The highest BCUT2D eigenvalue weighted by Crippen LogP contribution is 2.30. The van der Waals surface area contributed by atoms with Crippen molar-refractivity contribution in [2.75, 3.05) is 24.3 Å². The molecule has 1 saturated carbocycles. The first kappa shape index (κ1) is 13.1. The van der Waals surface area contributed by atoms with Gasteiger partial charge < -0.3 is 10.4 Å². The van der Waals surface area contributed by atoms with Crippen molar-refractivity contribution in [3.05, 3.63) is 0 Å². The fraction of sp³-hybridized carbons (Fsp3) is 1.00. The molecule has 1 saturated heterocycles. The fourth-order valence-corrected chi connectivity index (χ4v) is 4.93. The summed E-state index contributed by atoms with van der Waals surface area (Å²) in [5.74, 6) is 2.03. The molecule has 2 aliphatic rings. The first-order valence-electron chi connectivity index (χ1n) is 6.30. The molecule has 2 N–H and O–H groups in total. The molecule has 0 radical (unpaired) electrons. The van der Waals surface area contributed by atoms with Gasteiger partial charge in [-0.15, -0.1) is 0 Å². The number of aliphatic hydroxyl groups is 1. The molecule has 94 valence electrons. The van der Waals surface area contributed by atoms with Crippen LogP contribution in [0.1, 0.15) is 32.1 Å². The molecular formula is C12H23NOS2. The zero-order valence-electron chi connectivity index (χ0n) is 10.1. The van der Waals surface area contributed by atoms with Crippen LogP contribution in [0.25, 0.3) is 0 Å². The van der Waals surface area contributed by atoms with Crippen LogP contribution in [0, 0.1) is 0 Å². The minimum Gasteiger partial charge on any atom is -0.388 e. The van der Waals surface area contributed by atoms with Crippen LogP contribution in [0.4, 0.5) is 0 Å². The monoisotopic (exact) mass is 261 g/mol. The summed E-state index contributed by atoms with van der Waals surface area (Å²) in [6, 6.07) is 0.623. The maximum atomic E-state index is 10.3. The van der Waals surface area contributed by atoms with Crippen LogP contribution < -0.4 is 5.32 Å². The molecule has 3 atom stereocenters. The van der Waals surface area contributed by atoms with Crippen LogP contribution in [0.5, 0.6) is 0 Å². The maximum Gasteiger partial charge on any atom is 0.0869 e. The molecule has 0 amide bonds. The lowest BCUT2D eigenvalue weighted by Gasteiger charge is -2.33. The van der Waals surface area contributed by atoms with Gasteiger partial charge in [0.25, 0.3) is 0 Å². The Morgan fingerprint density at radius 1 is 1.44 bits per heavy atom. The van der Waals surface area contributed by atoms with E-state index in [2.05, 4.69) is 11.6 Å². The van der Waals surface area contributed by atoms with Crippen LogP contribution in [-0.4, -0.2) is 46.3 Å². The molecule has 1 aliphatic heterocycles. The molecule has 4 heteroatoms. The summed E-state index contributed by atoms with van der Waals surface area (Å²) < 4.78 is 0. The van der Waals surface area contributed by atoms with Crippen molar-refractivity contribution in [2.45, 2.75) is 49.0 Å². The Morgan fingerprint density at radius 2 is 2.25 bits per heavy atom. The Balaban J connectivity index is 1.79. The van der Waals surface area contributed by atoms with E-state index in [-0.39, 0.29) is 0 Å². The van der Waals surface area contributed by atoms with Crippen LogP contribution in [0.2, 0.25) is 0 Å². The van der Waals surface area contributed by atoms with Gasteiger partial charge in [-0.25, -0.2) is 0 Å². The summed E-state index contributed by atoms with van der Waals surface area (Å²) in [5, 5.41) is 14.7. The summed E-state index contributed by atoms with van der Waals surface area (Å²) in [5.41, 5.74) is -0.426. The zero-order valence-corrected chi connectivity index (χ0v) is 11.7. The number of thioether (sulfide) groups is 2. The lowest BCUT2D eigenvalue weighted by atomic mass is 9.93. The number of hydrogen-bond donors (Lipinski definition) is 2. The van der Waals surface area contributed by atoms with Gasteiger partial charge in [0.2, 0.25) is 0 Å². The maximum absolute atomic E-state index is 10.3. The SMILES string of the molecule is CSC1CCCCC1NCC1(O)CCSC1. The van der Waals surface area contributed by atoms with Crippen LogP contribution in [0.15, 0.2) is 0 Å². The average Bonchev–Trinajstić information content (AvgIpc) is 2.74. The van der Waals surface area contributed by atoms with Gasteiger partial charge in [-0.3, -0.25) is 0 Å². The molecule has 16 heavy (non-hydrogen) atoms. The van der Waals surface area contributed by atoms with Gasteiger partial charge in [0.15, 0.2) is 0 Å². The second kappa shape index (κ2) is 5.98. The van der Waals surface area contributed by atoms with Crippen LogP contribution >= 0.6 is 23.5 Å². The fourth-order valence-electron chi connectivity index (χ4n) is 2.67. The summed E-state index contributed by atoms with van der Waals surface area (Å²) in [6.45, 7) is 0.793. The second-order valence-corrected chi connectivity index (χ2v) is 7.26. The first-order chi connectivity index (χ1) is 7.73. The predicted molar refractivity (Wildman–Crippen MR) is 74.5 cm³/mol. The average molecular weight is 261 g/mol. The van der Waals surface area contributed by atoms with Crippen molar-refractivity contribution in [3.8, 4) is 0 Å². The molecule has 2 nitrogen and oxygen atoms in total. The lowest BCUT2D eigenvalue weighted by molar-refractivity contribution is 0.0632. The molecule has 0 aromatic carbocycles. The molecule has 0 aromatic heterocycles. The van der Waals surface area contributed by atoms with Crippen molar-refractivity contribution in [3.63, 3.8) is 0 Å². The van der Waals surface area contributed by atoms with E-state index >= 15 is 0 Å². The van der Waals surface area contributed by atoms with Crippen LogP contribution in [0.3, 0.4) is 0 Å². The van der Waals surface area contributed by atoms with Crippen LogP contribution in [-0.2, 0) is 0 Å². The topological polar surface area (TPSA) is 32.3 Å². The van der Waals surface area contributed by atoms with E-state index in [0.29, 0.717) is 6.04 Å². The molecule has 0 bridgehead atoms. The van der Waals surface area contributed by atoms with Gasteiger partial charge in [0, 0.05) is 23.6 Å². The van der Waals surface area contributed by atoms with E-state index in [0.717, 1.165) is 29.7 Å². The van der Waals surface area contributed by atoms with E-state index in [1.54, 1.807) is 0 Å². The molecule has 0 aromatic rings. The Morgan fingerprint density at radius 3 is 2.94 bits per heavy atom. The normalized spacial score (nSPS) is 40.1. The molecule has 0 spiro atoms. The van der Waals surface area contributed by atoms with Gasteiger partial charge in [-0.05, 0) is 31.3 Å². The Kier molecular flexibility index (Phi) is 4.89. The first-order valence-corrected chi connectivity index (χ1v) is 8.74. The van der Waals surface area contributed by atoms with Gasteiger partial charge in [0.05, 0.1) is 5.60 Å². The van der Waals surface area contributed by atoms with Gasteiger partial charge in [-0.2, -0.15) is 23.5 Å². The van der Waals surface area contributed by atoms with Crippen molar-refractivity contribution in [2.24, 2.45) is 0 Å². The van der Waals surface area contributed by atoms with E-state index in [1.165, 1.54) is 25.7 Å². The predicted octanol–water partition coefficient (Wildman–Crippen LogP) is 2.12. The summed E-state index contributed by atoms with van der Waals surface area (Å²) in [4.78, 5) is 0. The van der Waals surface area contributed by atoms with Gasteiger partial charge >= 0.3 is 0 Å². The van der Waals surface area contributed by atoms with E-state index in [1.807, 2.05) is 23.5 Å². The second-order valence-electron chi connectivity index (χ2n) is 5.07. The van der Waals surface area contributed by atoms with Crippen molar-refractivity contribution >= 4 is 23.5 Å². The third-order valence-corrected chi connectivity index (χ3v) is 6.19. The minimum absolute atomic E-state index is 0.426. The van der Waals surface area contributed by atoms with Crippen molar-refractivity contribution < 1.29 is 5.11 Å². The molecule has 1 aliphatic carbocycles. The summed E-state index contributed by atoms with van der Waals surface area (Å²) in [6.07, 6.45) is 8.53. The van der Waals surface area contributed by atoms with Crippen molar-refractivity contribution in [1.29, 1.82) is 0 Å². The van der Waals surface area contributed by atoms with E-state index in [9.17, 15) is 5.11 Å². The summed E-state index contributed by atoms with van der Waals surface area (Å²) >= 11 is 3.86. The van der Waals surface area contributed by atoms with E-state index in [4.69, 9.17) is 0 Å². The van der Waals surface area contributed by atoms with E-state index < -0.39 is 5.60 Å². The third-order valence-electron chi connectivity index (χ3n) is 3.78.